The first-order chi connectivity index (χ1) is 10.5. The lowest BCUT2D eigenvalue weighted by Gasteiger charge is -2.28. The Bertz CT molecular complexity index is 639. The quantitative estimate of drug-likeness (QED) is 0.734. The van der Waals surface area contributed by atoms with Crippen LogP contribution in [-0.2, 0) is 9.53 Å². The summed E-state index contributed by atoms with van der Waals surface area (Å²) in [4.78, 5) is 23.7. The molecule has 3 N–H and O–H groups in total. The van der Waals surface area contributed by atoms with Gasteiger partial charge in [0.25, 0.3) is 0 Å². The molecule has 1 heterocycles. The van der Waals surface area contributed by atoms with Crippen LogP contribution in [0.15, 0.2) is 29.5 Å². The summed E-state index contributed by atoms with van der Waals surface area (Å²) in [5.41, 5.74) is 0.966. The van der Waals surface area contributed by atoms with Crippen LogP contribution in [0.3, 0.4) is 0 Å². The number of ether oxygens (including phenoxy) is 2. The van der Waals surface area contributed by atoms with Crippen molar-refractivity contribution >= 4 is 12.0 Å². The Kier molecular flexibility index (Phi) is 4.55. The van der Waals surface area contributed by atoms with E-state index in [0.29, 0.717) is 17.9 Å². The molecule has 0 aromatic heterocycles. The molecule has 118 valence electrons. The maximum atomic E-state index is 12.0. The molecular formula is C15H18N2O5. The second kappa shape index (κ2) is 6.38. The van der Waals surface area contributed by atoms with Gasteiger partial charge in [0.15, 0.2) is 11.5 Å². The molecule has 1 aromatic rings. The number of methoxy groups -OCH3 is 1. The van der Waals surface area contributed by atoms with Gasteiger partial charge >= 0.3 is 12.0 Å². The molecule has 0 saturated heterocycles. The van der Waals surface area contributed by atoms with Crippen molar-refractivity contribution in [2.45, 2.75) is 19.9 Å². The van der Waals surface area contributed by atoms with Crippen molar-refractivity contribution in [3.63, 3.8) is 0 Å². The van der Waals surface area contributed by atoms with Gasteiger partial charge in [0.2, 0.25) is 0 Å². The van der Waals surface area contributed by atoms with E-state index in [1.165, 1.54) is 7.11 Å². The Hall–Kier alpha value is -2.70. The third-order valence-electron chi connectivity index (χ3n) is 3.32. The largest absolute Gasteiger partial charge is 0.504 e. The molecule has 0 radical (unpaired) electrons. The predicted molar refractivity (Wildman–Crippen MR) is 78.4 cm³/mol. The average Bonchev–Trinajstić information content (AvgIpc) is 2.48. The number of phenols is 1. The van der Waals surface area contributed by atoms with Gasteiger partial charge in [-0.05, 0) is 19.9 Å². The number of allylic oxidation sites excluding steroid dienone is 1. The van der Waals surface area contributed by atoms with Gasteiger partial charge in [-0.3, -0.25) is 0 Å². The zero-order chi connectivity index (χ0) is 16.3. The number of rotatable bonds is 4. The normalized spacial score (nSPS) is 17.6. The van der Waals surface area contributed by atoms with E-state index in [-0.39, 0.29) is 17.1 Å². The highest BCUT2D eigenvalue weighted by Gasteiger charge is 2.33. The number of esters is 1. The summed E-state index contributed by atoms with van der Waals surface area (Å²) in [5, 5.41) is 15.5. The number of amides is 2. The van der Waals surface area contributed by atoms with Crippen molar-refractivity contribution in [2.75, 3.05) is 13.7 Å². The minimum atomic E-state index is -0.818. The molecule has 1 atom stereocenters. The Morgan fingerprint density at radius 1 is 1.41 bits per heavy atom. The number of carbonyl (C=O) groups excluding carboxylic acids is 2. The summed E-state index contributed by atoms with van der Waals surface area (Å²) in [6.07, 6.45) is 0. The Labute approximate surface area is 127 Å². The van der Waals surface area contributed by atoms with E-state index in [0.717, 1.165) is 0 Å². The van der Waals surface area contributed by atoms with Crippen molar-refractivity contribution in [3.8, 4) is 11.5 Å². The standard InChI is InChI=1S/C15H18N2O5/c1-4-22-10-7-5-6-9(13(10)18)12-11(14(19)21-3)8(2)16-15(20)17-12/h5-7,12,18H,4H2,1-3H3,(H2,16,17,20)/t12-/m0/s1. The van der Waals surface area contributed by atoms with Gasteiger partial charge in [0, 0.05) is 11.3 Å². The fraction of sp³-hybridized carbons (Fsp3) is 0.333. The summed E-state index contributed by atoms with van der Waals surface area (Å²) < 4.78 is 10.1. The molecule has 0 saturated carbocycles. The lowest BCUT2D eigenvalue weighted by molar-refractivity contribution is -0.136. The maximum absolute atomic E-state index is 12.0. The van der Waals surface area contributed by atoms with Gasteiger partial charge in [-0.15, -0.1) is 0 Å². The van der Waals surface area contributed by atoms with E-state index in [1.807, 2.05) is 0 Å². The monoisotopic (exact) mass is 306 g/mol. The van der Waals surface area contributed by atoms with Crippen LogP contribution in [0.1, 0.15) is 25.5 Å². The minimum absolute atomic E-state index is 0.120. The van der Waals surface area contributed by atoms with E-state index in [2.05, 4.69) is 10.6 Å². The van der Waals surface area contributed by atoms with Crippen molar-refractivity contribution < 1.29 is 24.2 Å². The van der Waals surface area contributed by atoms with Crippen LogP contribution >= 0.6 is 0 Å². The van der Waals surface area contributed by atoms with Gasteiger partial charge in [-0.2, -0.15) is 0 Å². The maximum Gasteiger partial charge on any atom is 0.337 e. The SMILES string of the molecule is CCOc1cccc([C@@H]2NC(=O)NC(C)=C2C(=O)OC)c1O. The van der Waals surface area contributed by atoms with E-state index in [1.54, 1.807) is 32.0 Å². The first-order valence-corrected chi connectivity index (χ1v) is 6.80. The van der Waals surface area contributed by atoms with Crippen LogP contribution in [0.5, 0.6) is 11.5 Å². The number of hydrogen-bond donors (Lipinski definition) is 3. The molecule has 7 heteroatoms. The van der Waals surface area contributed by atoms with E-state index in [9.17, 15) is 14.7 Å². The van der Waals surface area contributed by atoms with Gasteiger partial charge in [0.1, 0.15) is 0 Å². The summed E-state index contributed by atoms with van der Waals surface area (Å²) in [6.45, 7) is 3.78. The number of nitrogens with one attached hydrogen (secondary N) is 2. The topological polar surface area (TPSA) is 96.9 Å². The summed E-state index contributed by atoms with van der Waals surface area (Å²) in [5.74, 6) is -0.420. The molecule has 2 rings (SSSR count). The van der Waals surface area contributed by atoms with E-state index >= 15 is 0 Å². The number of benzene rings is 1. The minimum Gasteiger partial charge on any atom is -0.504 e. The highest BCUT2D eigenvalue weighted by atomic mass is 16.5. The van der Waals surface area contributed by atoms with Crippen LogP contribution in [0.2, 0.25) is 0 Å². The van der Waals surface area contributed by atoms with Crippen LogP contribution in [0, 0.1) is 0 Å². The van der Waals surface area contributed by atoms with Crippen LogP contribution in [0.25, 0.3) is 0 Å². The number of carbonyl (C=O) groups is 2. The molecule has 0 unspecified atom stereocenters. The molecular weight excluding hydrogens is 288 g/mol. The highest BCUT2D eigenvalue weighted by Crippen LogP contribution is 2.38. The first kappa shape index (κ1) is 15.7. The van der Waals surface area contributed by atoms with Crippen LogP contribution < -0.4 is 15.4 Å². The molecule has 1 aromatic carbocycles. The molecule has 1 aliphatic heterocycles. The van der Waals surface area contributed by atoms with Crippen molar-refractivity contribution in [1.82, 2.24) is 10.6 Å². The molecule has 0 aliphatic carbocycles. The Morgan fingerprint density at radius 2 is 2.14 bits per heavy atom. The molecule has 0 spiro atoms. The number of hydrogen-bond acceptors (Lipinski definition) is 5. The van der Waals surface area contributed by atoms with E-state index < -0.39 is 18.0 Å². The zero-order valence-electron chi connectivity index (χ0n) is 12.6. The zero-order valence-corrected chi connectivity index (χ0v) is 12.6. The summed E-state index contributed by atoms with van der Waals surface area (Å²) in [6, 6.07) is 3.63. The third kappa shape index (κ3) is 2.83. The van der Waals surface area contributed by atoms with Gasteiger partial charge in [0.05, 0.1) is 25.3 Å². The van der Waals surface area contributed by atoms with Gasteiger partial charge < -0.3 is 25.2 Å². The molecule has 22 heavy (non-hydrogen) atoms. The second-order valence-corrected chi connectivity index (χ2v) is 4.69. The lowest BCUT2D eigenvalue weighted by Crippen LogP contribution is -2.45. The molecule has 7 nitrogen and oxygen atoms in total. The molecule has 2 amide bonds. The fourth-order valence-corrected chi connectivity index (χ4v) is 2.35. The number of phenolic OH excluding ortho intramolecular Hbond substituents is 1. The molecule has 0 bridgehead atoms. The van der Waals surface area contributed by atoms with Gasteiger partial charge in [-0.1, -0.05) is 12.1 Å². The molecule has 1 aliphatic rings. The Balaban J connectivity index is 2.53. The number of urea groups is 1. The van der Waals surface area contributed by atoms with Crippen LogP contribution in [0.4, 0.5) is 4.79 Å². The third-order valence-corrected chi connectivity index (χ3v) is 3.32. The van der Waals surface area contributed by atoms with E-state index in [4.69, 9.17) is 9.47 Å². The number of para-hydroxylation sites is 1. The Morgan fingerprint density at radius 3 is 2.77 bits per heavy atom. The van der Waals surface area contributed by atoms with Crippen molar-refractivity contribution in [1.29, 1.82) is 0 Å². The van der Waals surface area contributed by atoms with Gasteiger partial charge in [-0.25, -0.2) is 9.59 Å². The number of aromatic hydroxyl groups is 1. The summed E-state index contributed by atoms with van der Waals surface area (Å²) >= 11 is 0. The van der Waals surface area contributed by atoms with Crippen LogP contribution in [-0.4, -0.2) is 30.8 Å². The first-order valence-electron chi connectivity index (χ1n) is 6.80. The second-order valence-electron chi connectivity index (χ2n) is 4.69. The van der Waals surface area contributed by atoms with Crippen molar-refractivity contribution in [2.24, 2.45) is 0 Å². The fourth-order valence-electron chi connectivity index (χ4n) is 2.35. The predicted octanol–water partition coefficient (Wildman–Crippen LogP) is 1.59. The summed E-state index contributed by atoms with van der Waals surface area (Å²) in [7, 11) is 1.26. The highest BCUT2D eigenvalue weighted by molar-refractivity contribution is 5.95. The average molecular weight is 306 g/mol. The smallest absolute Gasteiger partial charge is 0.337 e. The molecule has 0 fully saturated rings. The van der Waals surface area contributed by atoms with Crippen molar-refractivity contribution in [3.05, 3.63) is 35.0 Å². The lowest BCUT2D eigenvalue weighted by atomic mass is 9.94.